The lowest BCUT2D eigenvalue weighted by Gasteiger charge is -2.35. The number of amides is 4. The van der Waals surface area contributed by atoms with Gasteiger partial charge < -0.3 is 10.2 Å². The topological polar surface area (TPSA) is 87.5 Å². The zero-order valence-corrected chi connectivity index (χ0v) is 18.6. The summed E-state index contributed by atoms with van der Waals surface area (Å²) in [5.41, 5.74) is -0.0557. The lowest BCUT2D eigenvalue weighted by Crippen LogP contribution is -2.49. The number of carbonyl (C=O) groups excluding carboxylic acids is 3. The summed E-state index contributed by atoms with van der Waals surface area (Å²) in [6, 6.07) is 6.51. The van der Waals surface area contributed by atoms with Crippen LogP contribution in [0.15, 0.2) is 30.5 Å². The fraction of sp³-hybridized carbons (Fsp3) is 0.429. The second-order valence-corrected chi connectivity index (χ2v) is 8.75. The van der Waals surface area contributed by atoms with Crippen LogP contribution in [-0.4, -0.2) is 56.6 Å². The van der Waals surface area contributed by atoms with Crippen LogP contribution in [0.3, 0.4) is 0 Å². The second-order valence-electron chi connectivity index (χ2n) is 7.96. The molecule has 1 saturated heterocycles. The van der Waals surface area contributed by atoms with Crippen LogP contribution in [0.1, 0.15) is 37.7 Å². The lowest BCUT2D eigenvalue weighted by atomic mass is 9.81. The molecule has 1 aromatic carbocycles. The first kappa shape index (κ1) is 21.6. The van der Waals surface area contributed by atoms with E-state index in [1.54, 1.807) is 36.1 Å². The highest BCUT2D eigenvalue weighted by atomic mass is 35.5. The fourth-order valence-corrected chi connectivity index (χ4v) is 4.77. The minimum atomic E-state index is -0.805. The van der Waals surface area contributed by atoms with Crippen LogP contribution in [0.5, 0.6) is 0 Å². The monoisotopic (exact) mass is 463 g/mol. The normalized spacial score (nSPS) is 18.2. The van der Waals surface area contributed by atoms with Crippen LogP contribution in [0.2, 0.25) is 10.0 Å². The Bertz CT molecular complexity index is 1030. The average molecular weight is 464 g/mol. The van der Waals surface area contributed by atoms with Gasteiger partial charge in [-0.3, -0.25) is 14.5 Å². The van der Waals surface area contributed by atoms with Crippen LogP contribution in [0, 0.1) is 0 Å². The molecule has 0 bridgehead atoms. The van der Waals surface area contributed by atoms with E-state index in [0.29, 0.717) is 35.2 Å². The van der Waals surface area contributed by atoms with Gasteiger partial charge in [0.25, 0.3) is 5.91 Å². The number of halogens is 2. The lowest BCUT2D eigenvalue weighted by molar-refractivity contribution is -0.136. The Morgan fingerprint density at radius 2 is 1.90 bits per heavy atom. The van der Waals surface area contributed by atoms with Gasteiger partial charge in [-0.05, 0) is 24.5 Å². The summed E-state index contributed by atoms with van der Waals surface area (Å²) in [6.07, 6.45) is 5.67. The molecule has 2 fully saturated rings. The largest absolute Gasteiger partial charge is 0.327 e. The van der Waals surface area contributed by atoms with Gasteiger partial charge in [0.1, 0.15) is 17.9 Å². The van der Waals surface area contributed by atoms with Gasteiger partial charge in [0.15, 0.2) is 0 Å². The van der Waals surface area contributed by atoms with E-state index in [0.717, 1.165) is 29.7 Å². The first-order chi connectivity index (χ1) is 14.8. The van der Waals surface area contributed by atoms with E-state index in [4.69, 9.17) is 23.2 Å². The molecule has 1 aliphatic heterocycles. The molecule has 1 spiro atoms. The van der Waals surface area contributed by atoms with Crippen LogP contribution >= 0.6 is 23.2 Å². The molecule has 1 saturated carbocycles. The van der Waals surface area contributed by atoms with E-state index < -0.39 is 17.5 Å². The van der Waals surface area contributed by atoms with Gasteiger partial charge in [0.05, 0.1) is 22.8 Å². The molecule has 0 unspecified atom stereocenters. The summed E-state index contributed by atoms with van der Waals surface area (Å²) in [5, 5.41) is 7.82. The summed E-state index contributed by atoms with van der Waals surface area (Å²) in [4.78, 5) is 41.0. The van der Waals surface area contributed by atoms with Crippen molar-refractivity contribution in [1.29, 1.82) is 0 Å². The third kappa shape index (κ3) is 3.90. The number of carbonyl (C=O) groups is 3. The van der Waals surface area contributed by atoms with Gasteiger partial charge in [-0.2, -0.15) is 5.10 Å². The Hall–Kier alpha value is -2.58. The Labute approximate surface area is 190 Å². The highest BCUT2D eigenvalue weighted by molar-refractivity contribution is 6.42. The summed E-state index contributed by atoms with van der Waals surface area (Å²) >= 11 is 12.3. The molecule has 0 atom stereocenters. The number of likely N-dealkylation sites (N-methyl/N-ethyl adjacent to an activating group) is 1. The van der Waals surface area contributed by atoms with Crippen molar-refractivity contribution in [3.05, 3.63) is 46.1 Å². The SMILES string of the molecule is CN1C(=O)N(CC(=O)Nc2ccnn2Cc2cccc(Cl)c2Cl)C(=O)C12CCCCC2. The van der Waals surface area contributed by atoms with Crippen molar-refractivity contribution >= 4 is 46.9 Å². The molecule has 1 aromatic heterocycles. The molecule has 31 heavy (non-hydrogen) atoms. The smallest absolute Gasteiger partial charge is 0.313 e. The van der Waals surface area contributed by atoms with E-state index >= 15 is 0 Å². The molecule has 2 aliphatic rings. The summed E-state index contributed by atoms with van der Waals surface area (Å²) in [6.45, 7) is -0.0394. The molecule has 1 N–H and O–H groups in total. The number of hydrogen-bond donors (Lipinski definition) is 1. The fourth-order valence-electron chi connectivity index (χ4n) is 4.39. The summed E-state index contributed by atoms with van der Waals surface area (Å²) < 4.78 is 1.57. The number of benzene rings is 1. The predicted octanol–water partition coefficient (Wildman–Crippen LogP) is 3.77. The van der Waals surface area contributed by atoms with Gasteiger partial charge in [-0.25, -0.2) is 9.48 Å². The zero-order valence-electron chi connectivity index (χ0n) is 17.1. The Morgan fingerprint density at radius 1 is 1.16 bits per heavy atom. The molecule has 10 heteroatoms. The van der Waals surface area contributed by atoms with Crippen molar-refractivity contribution in [3.63, 3.8) is 0 Å². The Morgan fingerprint density at radius 3 is 2.65 bits per heavy atom. The van der Waals surface area contributed by atoms with E-state index in [-0.39, 0.29) is 12.5 Å². The van der Waals surface area contributed by atoms with E-state index in [1.165, 1.54) is 4.90 Å². The van der Waals surface area contributed by atoms with Gasteiger partial charge in [0, 0.05) is 13.1 Å². The second kappa shape index (κ2) is 8.51. The minimum Gasteiger partial charge on any atom is -0.313 e. The number of hydrogen-bond acceptors (Lipinski definition) is 4. The van der Waals surface area contributed by atoms with Crippen LogP contribution in [0.25, 0.3) is 0 Å². The van der Waals surface area contributed by atoms with Gasteiger partial charge in [0.2, 0.25) is 5.91 Å². The van der Waals surface area contributed by atoms with Gasteiger partial charge >= 0.3 is 6.03 Å². The number of nitrogens with zero attached hydrogens (tertiary/aromatic N) is 4. The average Bonchev–Trinajstić information content (AvgIpc) is 3.25. The molecule has 8 nitrogen and oxygen atoms in total. The Balaban J connectivity index is 1.45. The molecule has 1 aliphatic carbocycles. The third-order valence-electron chi connectivity index (χ3n) is 6.12. The van der Waals surface area contributed by atoms with Crippen molar-refractivity contribution in [2.45, 2.75) is 44.2 Å². The number of aromatic nitrogens is 2. The third-order valence-corrected chi connectivity index (χ3v) is 6.98. The number of rotatable bonds is 5. The molecular formula is C21H23Cl2N5O3. The maximum Gasteiger partial charge on any atom is 0.327 e. The number of nitrogens with one attached hydrogen (secondary N) is 1. The molecule has 2 heterocycles. The van der Waals surface area contributed by atoms with Crippen molar-refractivity contribution in [3.8, 4) is 0 Å². The molecule has 164 valence electrons. The first-order valence-electron chi connectivity index (χ1n) is 10.2. The number of imide groups is 1. The van der Waals surface area contributed by atoms with Crippen molar-refractivity contribution in [2.24, 2.45) is 0 Å². The minimum absolute atomic E-state index is 0.283. The van der Waals surface area contributed by atoms with E-state index in [2.05, 4.69) is 10.4 Å². The molecule has 2 aromatic rings. The van der Waals surface area contributed by atoms with Gasteiger partial charge in [-0.15, -0.1) is 0 Å². The van der Waals surface area contributed by atoms with Gasteiger partial charge in [-0.1, -0.05) is 54.6 Å². The number of urea groups is 1. The molecule has 4 rings (SSSR count). The standard InChI is InChI=1S/C21H23Cl2N5O3/c1-26-20(31)27(19(30)21(26)9-3-2-4-10-21)13-17(29)25-16-8-11-24-28(16)12-14-6-5-7-15(22)18(14)23/h5-8,11H,2-4,9-10,12-13H2,1H3,(H,25,29). The summed E-state index contributed by atoms with van der Waals surface area (Å²) in [5.74, 6) is -0.322. The van der Waals surface area contributed by atoms with E-state index in [9.17, 15) is 14.4 Å². The highest BCUT2D eigenvalue weighted by Gasteiger charge is 2.55. The highest BCUT2D eigenvalue weighted by Crippen LogP contribution is 2.39. The molecule has 4 amide bonds. The molecule has 0 radical (unpaired) electrons. The van der Waals surface area contributed by atoms with Crippen molar-refractivity contribution < 1.29 is 14.4 Å². The van der Waals surface area contributed by atoms with Crippen LogP contribution < -0.4 is 5.32 Å². The maximum absolute atomic E-state index is 13.1. The maximum atomic E-state index is 13.1. The van der Waals surface area contributed by atoms with Crippen LogP contribution in [0.4, 0.5) is 10.6 Å². The zero-order chi connectivity index (χ0) is 22.2. The van der Waals surface area contributed by atoms with Crippen LogP contribution in [-0.2, 0) is 16.1 Å². The number of anilines is 1. The summed E-state index contributed by atoms with van der Waals surface area (Å²) in [7, 11) is 1.65. The van der Waals surface area contributed by atoms with E-state index in [1.807, 2.05) is 6.07 Å². The predicted molar refractivity (Wildman–Crippen MR) is 117 cm³/mol. The van der Waals surface area contributed by atoms with Crippen molar-refractivity contribution in [1.82, 2.24) is 19.6 Å². The molecular weight excluding hydrogens is 441 g/mol. The Kier molecular flexibility index (Phi) is 5.94. The first-order valence-corrected chi connectivity index (χ1v) is 10.9. The van der Waals surface area contributed by atoms with Crippen molar-refractivity contribution in [2.75, 3.05) is 18.9 Å². The quantitative estimate of drug-likeness (QED) is 0.683.